The lowest BCUT2D eigenvalue weighted by molar-refractivity contribution is -0.162. The maximum Gasteiger partial charge on any atom is 0.309 e. The molecule has 8 unspecified atom stereocenters. The van der Waals surface area contributed by atoms with Crippen LogP contribution in [0.2, 0.25) is 0 Å². The summed E-state index contributed by atoms with van der Waals surface area (Å²) >= 11 is 0. The number of hydrogen-bond donors (Lipinski definition) is 0. The molecule has 0 N–H and O–H groups in total. The molecule has 3 heteroatoms. The molecule has 4 rings (SSSR count). The normalized spacial score (nSPS) is 45.9. The van der Waals surface area contributed by atoms with Gasteiger partial charge in [-0.3, -0.25) is 9.59 Å². The molecule has 178 valence electrons. The Kier molecular flexibility index (Phi) is 6.27. The molecule has 0 spiro atoms. The predicted octanol–water partition coefficient (Wildman–Crippen LogP) is 6.92. The minimum Gasteiger partial charge on any atom is -0.465 e. The van der Waals surface area contributed by atoms with Crippen LogP contribution in [0, 0.1) is 45.8 Å². The third kappa shape index (κ3) is 3.92. The van der Waals surface area contributed by atoms with Crippen LogP contribution in [-0.2, 0) is 14.3 Å². The van der Waals surface area contributed by atoms with E-state index >= 15 is 0 Å². The van der Waals surface area contributed by atoms with Crippen molar-refractivity contribution in [2.24, 2.45) is 45.8 Å². The van der Waals surface area contributed by atoms with Crippen LogP contribution in [0.25, 0.3) is 0 Å². The first kappa shape index (κ1) is 23.8. The maximum atomic E-state index is 13.1. The van der Waals surface area contributed by atoms with Gasteiger partial charge >= 0.3 is 5.97 Å². The zero-order valence-corrected chi connectivity index (χ0v) is 21.0. The number of carbonyl (C=O) groups excluding carboxylic acids is 2. The van der Waals surface area contributed by atoms with Crippen molar-refractivity contribution in [3.8, 4) is 0 Å². The second-order valence-electron chi connectivity index (χ2n) is 12.6. The highest BCUT2D eigenvalue weighted by atomic mass is 16.5. The third-order valence-corrected chi connectivity index (χ3v) is 10.4. The molecule has 32 heavy (non-hydrogen) atoms. The van der Waals surface area contributed by atoms with E-state index < -0.39 is 0 Å². The Labute approximate surface area is 195 Å². The van der Waals surface area contributed by atoms with Crippen LogP contribution in [0.5, 0.6) is 0 Å². The Morgan fingerprint density at radius 2 is 1.91 bits per heavy atom. The summed E-state index contributed by atoms with van der Waals surface area (Å²) in [6.45, 7) is 15.6. The Hall–Kier alpha value is -1.38. The Morgan fingerprint density at radius 3 is 2.59 bits per heavy atom. The van der Waals surface area contributed by atoms with Gasteiger partial charge in [0.25, 0.3) is 0 Å². The SMILES string of the molecule is C=CC1(C)CCC2C(=CCC3C(C)(COC(=O)C4C(C)CCC4C(C)=O)CCCC23C)C1. The van der Waals surface area contributed by atoms with Crippen molar-refractivity contribution in [2.45, 2.75) is 92.4 Å². The first-order valence-corrected chi connectivity index (χ1v) is 13.0. The van der Waals surface area contributed by atoms with Gasteiger partial charge in [0, 0.05) is 11.3 Å². The molecule has 4 aliphatic rings. The van der Waals surface area contributed by atoms with Gasteiger partial charge in [-0.15, -0.1) is 6.58 Å². The van der Waals surface area contributed by atoms with Crippen LogP contribution in [0.3, 0.4) is 0 Å². The molecular formula is C29H44O3. The van der Waals surface area contributed by atoms with Crippen molar-refractivity contribution in [1.29, 1.82) is 0 Å². The fraction of sp³-hybridized carbons (Fsp3) is 0.793. The van der Waals surface area contributed by atoms with Gasteiger partial charge in [0.15, 0.2) is 0 Å². The van der Waals surface area contributed by atoms with Crippen molar-refractivity contribution >= 4 is 11.8 Å². The summed E-state index contributed by atoms with van der Waals surface area (Å²) in [6, 6.07) is 0. The standard InChI is InChI=1S/C29H44O3/c1-7-27(4)16-13-23-21(17-27)10-12-24-28(5,14-8-15-29(23,24)6)18-32-26(31)25-19(2)9-11-22(25)20(3)30/h7,10,19,22-25H,1,8-9,11-18H2,2-6H3. The largest absolute Gasteiger partial charge is 0.465 e. The fourth-order valence-electron chi connectivity index (χ4n) is 8.29. The van der Waals surface area contributed by atoms with Crippen LogP contribution < -0.4 is 0 Å². The lowest BCUT2D eigenvalue weighted by atomic mass is 9.45. The highest BCUT2D eigenvalue weighted by Gasteiger charge is 2.56. The van der Waals surface area contributed by atoms with Crippen molar-refractivity contribution in [3.05, 3.63) is 24.3 Å². The summed E-state index contributed by atoms with van der Waals surface area (Å²) in [7, 11) is 0. The van der Waals surface area contributed by atoms with Gasteiger partial charge in [0.2, 0.25) is 0 Å². The van der Waals surface area contributed by atoms with Crippen LogP contribution in [0.15, 0.2) is 24.3 Å². The van der Waals surface area contributed by atoms with Crippen molar-refractivity contribution < 1.29 is 14.3 Å². The van der Waals surface area contributed by atoms with E-state index in [-0.39, 0.29) is 45.8 Å². The van der Waals surface area contributed by atoms with Gasteiger partial charge in [-0.1, -0.05) is 51.8 Å². The summed E-state index contributed by atoms with van der Waals surface area (Å²) in [5.74, 6) is 1.05. The first-order valence-electron chi connectivity index (χ1n) is 13.0. The molecule has 4 aliphatic carbocycles. The summed E-state index contributed by atoms with van der Waals surface area (Å²) < 4.78 is 6.07. The minimum atomic E-state index is -0.251. The zero-order chi connectivity index (χ0) is 23.3. The third-order valence-electron chi connectivity index (χ3n) is 10.4. The van der Waals surface area contributed by atoms with E-state index in [4.69, 9.17) is 4.74 Å². The van der Waals surface area contributed by atoms with E-state index in [1.165, 1.54) is 25.7 Å². The van der Waals surface area contributed by atoms with E-state index in [0.717, 1.165) is 32.1 Å². The smallest absolute Gasteiger partial charge is 0.309 e. The maximum absolute atomic E-state index is 13.1. The molecule has 0 heterocycles. The lowest BCUT2D eigenvalue weighted by Crippen LogP contribution is -2.53. The molecule has 0 saturated heterocycles. The number of fused-ring (bicyclic) bond motifs is 3. The molecule has 0 amide bonds. The molecule has 0 aromatic heterocycles. The second kappa shape index (κ2) is 8.44. The van der Waals surface area contributed by atoms with Gasteiger partial charge in [0.1, 0.15) is 5.78 Å². The molecule has 0 bridgehead atoms. The van der Waals surface area contributed by atoms with Gasteiger partial charge < -0.3 is 4.74 Å². The number of ether oxygens (including phenoxy) is 1. The molecular weight excluding hydrogens is 396 g/mol. The van der Waals surface area contributed by atoms with Gasteiger partial charge in [-0.2, -0.15) is 0 Å². The van der Waals surface area contributed by atoms with E-state index in [1.54, 1.807) is 12.5 Å². The Balaban J connectivity index is 1.50. The molecule has 8 atom stereocenters. The van der Waals surface area contributed by atoms with Crippen molar-refractivity contribution in [1.82, 2.24) is 0 Å². The molecule has 0 aliphatic heterocycles. The van der Waals surface area contributed by atoms with Crippen LogP contribution >= 0.6 is 0 Å². The van der Waals surface area contributed by atoms with Gasteiger partial charge in [-0.05, 0) is 86.9 Å². The van der Waals surface area contributed by atoms with Crippen LogP contribution in [0.1, 0.15) is 92.4 Å². The molecule has 3 fully saturated rings. The zero-order valence-electron chi connectivity index (χ0n) is 21.0. The number of esters is 1. The first-order chi connectivity index (χ1) is 15.0. The molecule has 3 nitrogen and oxygen atoms in total. The average molecular weight is 441 g/mol. The fourth-order valence-corrected chi connectivity index (χ4v) is 8.29. The summed E-state index contributed by atoms with van der Waals surface area (Å²) in [5, 5.41) is 0. The highest BCUT2D eigenvalue weighted by Crippen LogP contribution is 2.63. The van der Waals surface area contributed by atoms with Crippen LogP contribution in [-0.4, -0.2) is 18.4 Å². The topological polar surface area (TPSA) is 43.4 Å². The van der Waals surface area contributed by atoms with Crippen LogP contribution in [0.4, 0.5) is 0 Å². The highest BCUT2D eigenvalue weighted by molar-refractivity contribution is 5.86. The summed E-state index contributed by atoms with van der Waals surface area (Å²) in [5.41, 5.74) is 2.19. The number of allylic oxidation sites excluding steroid dienone is 3. The number of hydrogen-bond acceptors (Lipinski definition) is 3. The molecule has 0 aromatic rings. The van der Waals surface area contributed by atoms with Crippen molar-refractivity contribution in [2.75, 3.05) is 6.61 Å². The molecule has 3 saturated carbocycles. The predicted molar refractivity (Wildman–Crippen MR) is 129 cm³/mol. The Morgan fingerprint density at radius 1 is 1.16 bits per heavy atom. The minimum absolute atomic E-state index is 0.0113. The molecule has 0 radical (unpaired) electrons. The summed E-state index contributed by atoms with van der Waals surface area (Å²) in [4.78, 5) is 25.2. The van der Waals surface area contributed by atoms with E-state index in [2.05, 4.69) is 46.4 Å². The quantitative estimate of drug-likeness (QED) is 0.344. The van der Waals surface area contributed by atoms with Gasteiger partial charge in [0.05, 0.1) is 12.5 Å². The van der Waals surface area contributed by atoms with Gasteiger partial charge in [-0.25, -0.2) is 0 Å². The number of Topliss-reactive ketones (excluding diaryl/α,β-unsaturated/α-hetero) is 1. The average Bonchev–Trinajstić information content (AvgIpc) is 3.13. The number of ketones is 1. The lowest BCUT2D eigenvalue weighted by Gasteiger charge is -2.59. The summed E-state index contributed by atoms with van der Waals surface area (Å²) in [6.07, 6.45) is 14.8. The number of carbonyl (C=O) groups is 2. The second-order valence-corrected chi connectivity index (χ2v) is 12.6. The monoisotopic (exact) mass is 440 g/mol. The number of rotatable bonds is 5. The Bertz CT molecular complexity index is 811. The molecule has 0 aromatic carbocycles. The van der Waals surface area contributed by atoms with E-state index in [1.807, 2.05) is 0 Å². The van der Waals surface area contributed by atoms with Crippen molar-refractivity contribution in [3.63, 3.8) is 0 Å². The van der Waals surface area contributed by atoms with E-state index in [0.29, 0.717) is 18.4 Å². The van der Waals surface area contributed by atoms with E-state index in [9.17, 15) is 9.59 Å².